The van der Waals surface area contributed by atoms with Crippen LogP contribution in [-0.4, -0.2) is 50.8 Å². The minimum absolute atomic E-state index is 0. The van der Waals surface area contributed by atoms with Gasteiger partial charge >= 0.3 is 5.97 Å². The monoisotopic (exact) mass is 447 g/mol. The molecule has 3 heterocycles. The minimum atomic E-state index is -1.10. The molecule has 2 aliphatic heterocycles. The molecule has 1 saturated heterocycles. The van der Waals surface area contributed by atoms with Gasteiger partial charge in [0.05, 0.1) is 0 Å². The Labute approximate surface area is 180 Å². The summed E-state index contributed by atoms with van der Waals surface area (Å²) in [5.41, 5.74) is 7.57. The fourth-order valence-electron chi connectivity index (χ4n) is 3.04. The van der Waals surface area contributed by atoms with Gasteiger partial charge in [-0.2, -0.15) is 0 Å². The molecule has 2 aliphatic rings. The molecule has 1 fully saturated rings. The molecule has 0 radical (unpaired) electrons. The van der Waals surface area contributed by atoms with Gasteiger partial charge in [0, 0.05) is 24.5 Å². The Bertz CT molecular complexity index is 771. The second-order valence-corrected chi connectivity index (χ2v) is 7.35. The van der Waals surface area contributed by atoms with Gasteiger partial charge in [-0.1, -0.05) is 6.08 Å². The number of thioether (sulfide) groups is 1. The quantitative estimate of drug-likeness (QED) is 0.314. The number of halogens is 2. The highest BCUT2D eigenvalue weighted by molar-refractivity contribution is 8.00. The summed E-state index contributed by atoms with van der Waals surface area (Å²) in [6, 6.07) is 3.40. The molecule has 7 nitrogen and oxygen atoms in total. The Hall–Kier alpha value is -1.58. The molecule has 10 heteroatoms. The lowest BCUT2D eigenvalue weighted by atomic mass is 10.0. The van der Waals surface area contributed by atoms with E-state index in [2.05, 4.69) is 0 Å². The summed E-state index contributed by atoms with van der Waals surface area (Å²) >= 11 is 1.49. The SMILES string of the molecule is Cl.N[C@@H]1C(=O)N2C(C(=O)O)=C(C=CC[n+]3ccc(CCCO)cc3)CS[C@H]12.[Cl-]. The number of pyridine rings is 1. The summed E-state index contributed by atoms with van der Waals surface area (Å²) in [5, 5.41) is 18.1. The number of carboxylic acids is 1. The van der Waals surface area contributed by atoms with E-state index in [1.165, 1.54) is 16.7 Å². The van der Waals surface area contributed by atoms with Gasteiger partial charge in [-0.15, -0.1) is 24.2 Å². The fraction of sp³-hybridized carbons (Fsp3) is 0.389. The number of rotatable bonds is 7. The maximum Gasteiger partial charge on any atom is 0.352 e. The number of carboxylic acid groups (broad SMARTS) is 1. The van der Waals surface area contributed by atoms with Crippen LogP contribution in [-0.2, 0) is 22.6 Å². The number of nitrogens with two attached hydrogens (primary N) is 1. The van der Waals surface area contributed by atoms with Crippen molar-refractivity contribution in [2.45, 2.75) is 30.8 Å². The number of aromatic nitrogens is 1. The Morgan fingerprint density at radius 3 is 2.68 bits per heavy atom. The third kappa shape index (κ3) is 5.07. The van der Waals surface area contributed by atoms with Crippen LogP contribution in [0, 0.1) is 0 Å². The van der Waals surface area contributed by atoms with Crippen LogP contribution < -0.4 is 22.7 Å². The maximum absolute atomic E-state index is 11.9. The highest BCUT2D eigenvalue weighted by atomic mass is 35.5. The van der Waals surface area contributed by atoms with Crippen LogP contribution in [0.15, 0.2) is 47.9 Å². The van der Waals surface area contributed by atoms with Gasteiger partial charge in [0.25, 0.3) is 0 Å². The van der Waals surface area contributed by atoms with Gasteiger partial charge in [-0.05, 0) is 30.1 Å². The van der Waals surface area contributed by atoms with Crippen LogP contribution in [0.25, 0.3) is 0 Å². The van der Waals surface area contributed by atoms with E-state index in [9.17, 15) is 14.7 Å². The number of aliphatic hydroxyl groups is 1. The van der Waals surface area contributed by atoms with Gasteiger partial charge < -0.3 is 28.4 Å². The second-order valence-electron chi connectivity index (χ2n) is 6.25. The molecule has 154 valence electrons. The van der Waals surface area contributed by atoms with E-state index in [0.717, 1.165) is 18.4 Å². The van der Waals surface area contributed by atoms with Crippen molar-refractivity contribution in [3.63, 3.8) is 0 Å². The second kappa shape index (κ2) is 10.8. The summed E-state index contributed by atoms with van der Waals surface area (Å²) in [7, 11) is 0. The summed E-state index contributed by atoms with van der Waals surface area (Å²) in [5.74, 6) is -0.917. The van der Waals surface area contributed by atoms with Crippen LogP contribution in [0.4, 0.5) is 0 Å². The molecule has 3 rings (SSSR count). The Kier molecular flexibility index (Phi) is 9.46. The molecule has 0 unspecified atom stereocenters. The summed E-state index contributed by atoms with van der Waals surface area (Å²) in [6.07, 6.45) is 9.15. The summed E-state index contributed by atoms with van der Waals surface area (Å²) < 4.78 is 1.98. The zero-order valence-corrected chi connectivity index (χ0v) is 17.4. The van der Waals surface area contributed by atoms with Crippen LogP contribution >= 0.6 is 24.2 Å². The van der Waals surface area contributed by atoms with Crippen molar-refractivity contribution in [3.05, 3.63) is 53.5 Å². The smallest absolute Gasteiger partial charge is 0.352 e. The van der Waals surface area contributed by atoms with Crippen LogP contribution in [0.2, 0.25) is 0 Å². The van der Waals surface area contributed by atoms with E-state index in [1.807, 2.05) is 35.2 Å². The lowest BCUT2D eigenvalue weighted by Gasteiger charge is -2.47. The third-order valence-electron chi connectivity index (χ3n) is 4.46. The number of hydrogen-bond donors (Lipinski definition) is 3. The molecule has 2 atom stereocenters. The van der Waals surface area contributed by atoms with Gasteiger partial charge in [-0.25, -0.2) is 9.36 Å². The van der Waals surface area contributed by atoms with Gasteiger partial charge in [0.1, 0.15) is 17.1 Å². The first kappa shape index (κ1) is 24.5. The number of aryl methyl sites for hydroxylation is 1. The Balaban J connectivity index is 0.00000196. The average Bonchev–Trinajstić information content (AvgIpc) is 2.66. The van der Waals surface area contributed by atoms with Crippen molar-refractivity contribution in [1.29, 1.82) is 0 Å². The predicted octanol–water partition coefficient (Wildman–Crippen LogP) is -2.54. The van der Waals surface area contributed by atoms with E-state index in [1.54, 1.807) is 6.08 Å². The number of β-lactam (4-membered cyclic amide) rings is 1. The van der Waals surface area contributed by atoms with Gasteiger partial charge in [0.15, 0.2) is 18.9 Å². The first-order valence-corrected chi connectivity index (χ1v) is 9.50. The van der Waals surface area contributed by atoms with Crippen molar-refractivity contribution >= 4 is 36.0 Å². The molecule has 0 aromatic carbocycles. The van der Waals surface area contributed by atoms with Gasteiger partial charge in [0.2, 0.25) is 5.91 Å². The van der Waals surface area contributed by atoms with E-state index in [-0.39, 0.29) is 48.4 Å². The molecular formula is C18H23Cl2N3O4S. The number of fused-ring (bicyclic) bond motifs is 1. The van der Waals surface area contributed by atoms with E-state index < -0.39 is 12.0 Å². The normalized spacial score (nSPS) is 20.9. The van der Waals surface area contributed by atoms with Crippen molar-refractivity contribution in [2.24, 2.45) is 5.73 Å². The number of carbonyl (C=O) groups excluding carboxylic acids is 1. The first-order chi connectivity index (χ1) is 12.5. The van der Waals surface area contributed by atoms with Crippen LogP contribution in [0.3, 0.4) is 0 Å². The highest BCUT2D eigenvalue weighted by Crippen LogP contribution is 2.39. The molecule has 1 amide bonds. The molecule has 0 spiro atoms. The van der Waals surface area contributed by atoms with Crippen molar-refractivity contribution in [2.75, 3.05) is 12.4 Å². The number of aliphatic carboxylic acids is 1. The molecule has 0 bridgehead atoms. The molecule has 1 aromatic rings. The molecule has 28 heavy (non-hydrogen) atoms. The minimum Gasteiger partial charge on any atom is -1.00 e. The molecule has 4 N–H and O–H groups in total. The fourth-order valence-corrected chi connectivity index (χ4v) is 4.31. The standard InChI is InChI=1S/C18H21N3O4S.2ClH/c19-14-16(23)21-15(18(24)25)13(11-26-17(14)21)4-1-7-20-8-5-12(6-9-20)3-2-10-22;;/h1,4-6,8-9,14,17,22H,2-3,7,10-11,19H2;2*1H/t14-,17-;;/m1../s1. The molecule has 0 aliphatic carbocycles. The zero-order valence-electron chi connectivity index (χ0n) is 15.0. The third-order valence-corrected chi connectivity index (χ3v) is 5.78. The molecular weight excluding hydrogens is 425 g/mol. The number of hydrogen-bond acceptors (Lipinski definition) is 5. The number of aliphatic hydroxyl groups excluding tert-OH is 1. The first-order valence-electron chi connectivity index (χ1n) is 8.45. The van der Waals surface area contributed by atoms with Crippen molar-refractivity contribution < 1.29 is 36.8 Å². The largest absolute Gasteiger partial charge is 1.00 e. The Morgan fingerprint density at radius 1 is 1.39 bits per heavy atom. The summed E-state index contributed by atoms with van der Waals surface area (Å²) in [6.45, 7) is 0.778. The number of amides is 1. The topological polar surface area (TPSA) is 108 Å². The van der Waals surface area contributed by atoms with Crippen LogP contribution in [0.1, 0.15) is 12.0 Å². The van der Waals surface area contributed by atoms with E-state index >= 15 is 0 Å². The van der Waals surface area contributed by atoms with Crippen LogP contribution in [0.5, 0.6) is 0 Å². The average molecular weight is 448 g/mol. The van der Waals surface area contributed by atoms with Gasteiger partial charge in [-0.3, -0.25) is 9.69 Å². The summed E-state index contributed by atoms with van der Waals surface area (Å²) in [4.78, 5) is 24.8. The lowest BCUT2D eigenvalue weighted by Crippen LogP contribution is -3.00. The zero-order chi connectivity index (χ0) is 18.7. The number of nitrogens with zero attached hydrogens (tertiary/aromatic N) is 2. The van der Waals surface area contributed by atoms with E-state index in [4.69, 9.17) is 10.8 Å². The molecule has 0 saturated carbocycles. The number of allylic oxidation sites excluding steroid dienone is 2. The maximum atomic E-state index is 11.9. The van der Waals surface area contributed by atoms with E-state index in [0.29, 0.717) is 17.9 Å². The van der Waals surface area contributed by atoms with Crippen molar-refractivity contribution in [3.8, 4) is 0 Å². The number of carbonyl (C=O) groups is 2. The van der Waals surface area contributed by atoms with Crippen molar-refractivity contribution in [1.82, 2.24) is 4.90 Å². The lowest BCUT2D eigenvalue weighted by molar-refractivity contribution is -0.687. The predicted molar refractivity (Wildman–Crippen MR) is 104 cm³/mol. The Morgan fingerprint density at radius 2 is 2.07 bits per heavy atom. The highest BCUT2D eigenvalue weighted by Gasteiger charge is 2.51. The molecule has 1 aromatic heterocycles.